The molecule has 0 bridgehead atoms. The molecule has 3 amide bonds. The molecule has 0 aromatic heterocycles. The lowest BCUT2D eigenvalue weighted by Gasteiger charge is -2.32. The van der Waals surface area contributed by atoms with Crippen LogP contribution >= 0.6 is 11.8 Å². The van der Waals surface area contributed by atoms with Crippen molar-refractivity contribution >= 4 is 29.5 Å². The monoisotopic (exact) mass is 401 g/mol. The highest BCUT2D eigenvalue weighted by molar-refractivity contribution is 8.01. The molecule has 2 N–H and O–H groups in total. The van der Waals surface area contributed by atoms with Gasteiger partial charge in [0.05, 0.1) is 0 Å². The van der Waals surface area contributed by atoms with E-state index in [0.717, 1.165) is 18.4 Å². The summed E-state index contributed by atoms with van der Waals surface area (Å²) >= 11 is 1.63. The normalized spacial score (nSPS) is 26.0. The highest BCUT2D eigenvalue weighted by Crippen LogP contribution is 2.56. The Morgan fingerprint density at radius 1 is 1.21 bits per heavy atom. The van der Waals surface area contributed by atoms with Crippen LogP contribution < -0.4 is 10.6 Å². The van der Waals surface area contributed by atoms with Gasteiger partial charge in [0.2, 0.25) is 11.8 Å². The van der Waals surface area contributed by atoms with Crippen molar-refractivity contribution in [1.29, 1.82) is 0 Å². The maximum atomic E-state index is 13.3. The molecule has 3 aliphatic rings. The zero-order chi connectivity index (χ0) is 20.2. The van der Waals surface area contributed by atoms with E-state index < -0.39 is 16.8 Å². The number of amides is 3. The molecule has 4 rings (SSSR count). The van der Waals surface area contributed by atoms with Crippen LogP contribution in [0.15, 0.2) is 24.3 Å². The minimum Gasteiger partial charge on any atom is -0.352 e. The molecule has 0 radical (unpaired) electrons. The lowest BCUT2D eigenvalue weighted by molar-refractivity contribution is -0.132. The predicted octanol–water partition coefficient (Wildman–Crippen LogP) is 2.45. The number of rotatable bonds is 5. The molecule has 2 heterocycles. The summed E-state index contributed by atoms with van der Waals surface area (Å²) in [7, 11) is 0. The summed E-state index contributed by atoms with van der Waals surface area (Å²) in [5, 5.41) is 5.77. The minimum absolute atomic E-state index is 0.0397. The third kappa shape index (κ3) is 3.19. The minimum atomic E-state index is -0.627. The van der Waals surface area contributed by atoms with E-state index in [4.69, 9.17) is 0 Å². The van der Waals surface area contributed by atoms with E-state index in [1.165, 1.54) is 0 Å². The number of carbonyl (C=O) groups is 3. The fourth-order valence-corrected chi connectivity index (χ4v) is 5.68. The molecule has 1 aliphatic carbocycles. The Morgan fingerprint density at radius 3 is 2.54 bits per heavy atom. The van der Waals surface area contributed by atoms with Gasteiger partial charge in [0.1, 0.15) is 17.5 Å². The number of benzene rings is 1. The SMILES string of the molecule is CC(C)[C@H](NC(=O)[C@H]1N2C(=O)c3ccccc3C2SC1(C)C)C(=O)NC1CC1. The first kappa shape index (κ1) is 19.3. The Kier molecular flexibility index (Phi) is 4.68. The average molecular weight is 402 g/mol. The van der Waals surface area contributed by atoms with E-state index in [2.05, 4.69) is 10.6 Å². The zero-order valence-electron chi connectivity index (χ0n) is 16.7. The van der Waals surface area contributed by atoms with Gasteiger partial charge in [0.25, 0.3) is 5.91 Å². The van der Waals surface area contributed by atoms with Gasteiger partial charge >= 0.3 is 0 Å². The fourth-order valence-electron chi connectivity index (χ4n) is 4.09. The molecular formula is C21H27N3O3S. The lowest BCUT2D eigenvalue weighted by atomic mass is 9.98. The first-order chi connectivity index (χ1) is 13.2. The van der Waals surface area contributed by atoms with Crippen LogP contribution in [-0.2, 0) is 9.59 Å². The molecule has 7 heteroatoms. The molecule has 0 spiro atoms. The van der Waals surface area contributed by atoms with E-state index >= 15 is 0 Å². The molecule has 3 atom stereocenters. The molecule has 1 aromatic rings. The van der Waals surface area contributed by atoms with Crippen LogP contribution in [0, 0.1) is 5.92 Å². The first-order valence-corrected chi connectivity index (χ1v) is 10.8. The third-order valence-corrected chi connectivity index (χ3v) is 7.25. The van der Waals surface area contributed by atoms with Crippen LogP contribution in [0.2, 0.25) is 0 Å². The van der Waals surface area contributed by atoms with E-state index in [1.807, 2.05) is 52.0 Å². The van der Waals surface area contributed by atoms with Gasteiger partial charge in [-0.3, -0.25) is 14.4 Å². The molecular weight excluding hydrogens is 374 g/mol. The molecule has 1 aromatic carbocycles. The summed E-state index contributed by atoms with van der Waals surface area (Å²) in [5.41, 5.74) is 1.63. The number of carbonyl (C=O) groups excluding carboxylic acids is 3. The predicted molar refractivity (Wildman–Crippen MR) is 109 cm³/mol. The largest absolute Gasteiger partial charge is 0.352 e. The lowest BCUT2D eigenvalue weighted by Crippen LogP contribution is -2.58. The Labute approximate surface area is 169 Å². The molecule has 1 saturated heterocycles. The number of nitrogens with one attached hydrogen (secondary N) is 2. The highest BCUT2D eigenvalue weighted by Gasteiger charge is 2.57. The van der Waals surface area contributed by atoms with Gasteiger partial charge in [-0.2, -0.15) is 0 Å². The summed E-state index contributed by atoms with van der Waals surface area (Å²) < 4.78 is -0.452. The summed E-state index contributed by atoms with van der Waals surface area (Å²) in [5.74, 6) is -0.544. The number of thioether (sulfide) groups is 1. The van der Waals surface area contributed by atoms with Crippen molar-refractivity contribution in [1.82, 2.24) is 15.5 Å². The fraction of sp³-hybridized carbons (Fsp3) is 0.571. The Morgan fingerprint density at radius 2 is 1.89 bits per heavy atom. The molecule has 1 saturated carbocycles. The van der Waals surface area contributed by atoms with Crippen LogP contribution in [0.5, 0.6) is 0 Å². The van der Waals surface area contributed by atoms with Crippen LogP contribution in [0.3, 0.4) is 0 Å². The molecule has 150 valence electrons. The Balaban J connectivity index is 1.57. The van der Waals surface area contributed by atoms with Gasteiger partial charge in [-0.25, -0.2) is 0 Å². The van der Waals surface area contributed by atoms with Gasteiger partial charge < -0.3 is 15.5 Å². The van der Waals surface area contributed by atoms with Gasteiger partial charge in [-0.05, 0) is 44.2 Å². The van der Waals surface area contributed by atoms with Crippen molar-refractivity contribution < 1.29 is 14.4 Å². The molecule has 28 heavy (non-hydrogen) atoms. The van der Waals surface area contributed by atoms with E-state index in [1.54, 1.807) is 16.7 Å². The molecule has 2 fully saturated rings. The summed E-state index contributed by atoms with van der Waals surface area (Å²) in [6.45, 7) is 7.83. The van der Waals surface area contributed by atoms with Crippen molar-refractivity contribution in [2.24, 2.45) is 5.92 Å². The summed E-state index contributed by atoms with van der Waals surface area (Å²) in [6, 6.07) is 6.56. The van der Waals surface area contributed by atoms with Crippen molar-refractivity contribution in [2.45, 2.75) is 68.8 Å². The van der Waals surface area contributed by atoms with Gasteiger partial charge in [0.15, 0.2) is 0 Å². The summed E-state index contributed by atoms with van der Waals surface area (Å²) in [6.07, 6.45) is 2.00. The maximum Gasteiger partial charge on any atom is 0.256 e. The van der Waals surface area contributed by atoms with Crippen molar-refractivity contribution in [3.63, 3.8) is 0 Å². The van der Waals surface area contributed by atoms with E-state index in [0.29, 0.717) is 5.56 Å². The van der Waals surface area contributed by atoms with Gasteiger partial charge in [-0.1, -0.05) is 32.0 Å². The highest BCUT2D eigenvalue weighted by atomic mass is 32.2. The third-order valence-electron chi connectivity index (χ3n) is 5.72. The first-order valence-electron chi connectivity index (χ1n) is 9.91. The molecule has 1 unspecified atom stereocenters. The van der Waals surface area contributed by atoms with Crippen molar-refractivity contribution in [3.05, 3.63) is 35.4 Å². The van der Waals surface area contributed by atoms with Crippen LogP contribution in [0.4, 0.5) is 0 Å². The van der Waals surface area contributed by atoms with Crippen LogP contribution in [-0.4, -0.2) is 45.5 Å². The Hall–Kier alpha value is -2.02. The number of fused-ring (bicyclic) bond motifs is 3. The van der Waals surface area contributed by atoms with E-state index in [9.17, 15) is 14.4 Å². The second kappa shape index (κ2) is 6.79. The van der Waals surface area contributed by atoms with Crippen molar-refractivity contribution in [3.8, 4) is 0 Å². The Bertz CT molecular complexity index is 834. The quantitative estimate of drug-likeness (QED) is 0.794. The topological polar surface area (TPSA) is 78.5 Å². The van der Waals surface area contributed by atoms with Crippen molar-refractivity contribution in [2.75, 3.05) is 0 Å². The van der Waals surface area contributed by atoms with E-state index in [-0.39, 0.29) is 35.1 Å². The second-order valence-electron chi connectivity index (χ2n) is 8.79. The van der Waals surface area contributed by atoms with Gasteiger partial charge in [-0.15, -0.1) is 11.8 Å². The van der Waals surface area contributed by atoms with Gasteiger partial charge in [0, 0.05) is 16.4 Å². The number of hydrogen-bond acceptors (Lipinski definition) is 4. The average Bonchev–Trinajstić information content (AvgIpc) is 3.34. The smallest absolute Gasteiger partial charge is 0.256 e. The molecule has 2 aliphatic heterocycles. The molecule has 6 nitrogen and oxygen atoms in total. The zero-order valence-corrected chi connectivity index (χ0v) is 17.5. The maximum absolute atomic E-state index is 13.3. The van der Waals surface area contributed by atoms with Crippen LogP contribution in [0.1, 0.15) is 61.8 Å². The second-order valence-corrected chi connectivity index (χ2v) is 10.5. The van der Waals surface area contributed by atoms with Crippen LogP contribution in [0.25, 0.3) is 0 Å². The summed E-state index contributed by atoms with van der Waals surface area (Å²) in [4.78, 5) is 40.7. The standard InChI is InChI=1S/C21H27N3O3S/c1-11(2)15(17(25)22-12-9-10-12)23-18(26)16-21(3,4)28-20-14-8-6-5-7-13(14)19(27)24(16)20/h5-8,11-12,15-16,20H,9-10H2,1-4H3,(H,22,25)(H,23,26)/t15-,16+,20?/m0/s1. The number of hydrogen-bond donors (Lipinski definition) is 2. The number of nitrogens with zero attached hydrogens (tertiary/aromatic N) is 1.